The number of thiophene rings is 1. The third-order valence-electron chi connectivity index (χ3n) is 6.47. The molecule has 0 aliphatic heterocycles. The molecule has 0 unspecified atom stereocenters. The van der Waals surface area contributed by atoms with Gasteiger partial charge >= 0.3 is 5.97 Å². The zero-order valence-corrected chi connectivity index (χ0v) is 18.4. The predicted octanol–water partition coefficient (Wildman–Crippen LogP) is 4.37. The van der Waals surface area contributed by atoms with Gasteiger partial charge in [0, 0.05) is 23.8 Å². The van der Waals surface area contributed by atoms with Gasteiger partial charge in [0.1, 0.15) is 5.00 Å². The first-order valence-electron chi connectivity index (χ1n) is 10.7. The summed E-state index contributed by atoms with van der Waals surface area (Å²) < 4.78 is 0. The first-order chi connectivity index (χ1) is 13.7. The largest absolute Gasteiger partial charge is 0.481 e. The molecule has 1 heterocycles. The molecule has 160 valence electrons. The maximum atomic E-state index is 12.9. The lowest BCUT2D eigenvalue weighted by atomic mass is 9.69. The molecule has 0 aromatic carbocycles. The second kappa shape index (κ2) is 8.86. The van der Waals surface area contributed by atoms with E-state index in [0.717, 1.165) is 44.1 Å². The van der Waals surface area contributed by atoms with Crippen molar-refractivity contribution in [2.24, 2.45) is 11.3 Å². The lowest BCUT2D eigenvalue weighted by molar-refractivity contribution is -0.137. The zero-order chi connectivity index (χ0) is 21.2. The fraction of sp³-hybridized carbons (Fsp3) is 0.682. The third kappa shape index (κ3) is 5.38. The van der Waals surface area contributed by atoms with Gasteiger partial charge in [0.25, 0.3) is 5.91 Å². The predicted molar refractivity (Wildman–Crippen MR) is 115 cm³/mol. The van der Waals surface area contributed by atoms with Crippen LogP contribution in [0.1, 0.15) is 86.5 Å². The quantitative estimate of drug-likeness (QED) is 0.553. The summed E-state index contributed by atoms with van der Waals surface area (Å²) in [5.74, 6) is -0.648. The van der Waals surface area contributed by atoms with Crippen LogP contribution in [0.5, 0.6) is 0 Å². The van der Waals surface area contributed by atoms with Crippen molar-refractivity contribution in [3.05, 3.63) is 16.0 Å². The number of carbonyl (C=O) groups excluding carboxylic acids is 2. The number of fused-ring (bicyclic) bond motifs is 1. The molecule has 3 rings (SSSR count). The number of carboxylic acids is 1. The molecule has 1 atom stereocenters. The van der Waals surface area contributed by atoms with Crippen LogP contribution in [-0.4, -0.2) is 28.9 Å². The van der Waals surface area contributed by atoms with Crippen molar-refractivity contribution in [1.82, 2.24) is 5.32 Å². The Morgan fingerprint density at radius 3 is 2.52 bits per heavy atom. The minimum Gasteiger partial charge on any atom is -0.481 e. The summed E-state index contributed by atoms with van der Waals surface area (Å²) >= 11 is 1.53. The molecule has 3 N–H and O–H groups in total. The molecular weight excluding hydrogens is 388 g/mol. The average Bonchev–Trinajstić information content (AvgIpc) is 3.39. The Morgan fingerprint density at radius 1 is 1.17 bits per heavy atom. The maximum absolute atomic E-state index is 12.9. The molecule has 7 heteroatoms. The Hall–Kier alpha value is -1.89. The van der Waals surface area contributed by atoms with E-state index in [-0.39, 0.29) is 36.1 Å². The summed E-state index contributed by atoms with van der Waals surface area (Å²) in [6, 6.07) is 0.257. The Balaban J connectivity index is 1.80. The Kier molecular flexibility index (Phi) is 6.66. The zero-order valence-electron chi connectivity index (χ0n) is 17.6. The molecule has 1 aromatic rings. The van der Waals surface area contributed by atoms with Crippen molar-refractivity contribution in [3.63, 3.8) is 0 Å². The van der Waals surface area contributed by atoms with Crippen molar-refractivity contribution in [3.8, 4) is 0 Å². The van der Waals surface area contributed by atoms with Crippen LogP contribution in [-0.2, 0) is 22.4 Å². The molecule has 2 amide bonds. The second-order valence-electron chi connectivity index (χ2n) is 9.03. The summed E-state index contributed by atoms with van der Waals surface area (Å²) in [6.45, 7) is 6.84. The first-order valence-corrected chi connectivity index (χ1v) is 11.5. The van der Waals surface area contributed by atoms with Crippen LogP contribution in [0.3, 0.4) is 0 Å². The average molecular weight is 421 g/mol. The number of amides is 2. The minimum absolute atomic E-state index is 0.0306. The van der Waals surface area contributed by atoms with Crippen LogP contribution < -0.4 is 10.6 Å². The molecule has 6 nitrogen and oxygen atoms in total. The van der Waals surface area contributed by atoms with Crippen LogP contribution in [0.2, 0.25) is 0 Å². The number of carboxylic acid groups (broad SMARTS) is 1. The lowest BCUT2D eigenvalue weighted by Gasteiger charge is -2.36. The van der Waals surface area contributed by atoms with Gasteiger partial charge in [-0.1, -0.05) is 27.2 Å². The molecule has 0 bridgehead atoms. The first kappa shape index (κ1) is 21.8. The Labute approximate surface area is 176 Å². The number of aliphatic carboxylic acids is 1. The summed E-state index contributed by atoms with van der Waals surface area (Å²) in [4.78, 5) is 37.2. The Bertz CT molecular complexity index is 795. The fourth-order valence-corrected chi connectivity index (χ4v) is 5.29. The number of hydrogen-bond acceptors (Lipinski definition) is 4. The molecule has 1 aromatic heterocycles. The third-order valence-corrected chi connectivity index (χ3v) is 7.64. The Morgan fingerprint density at radius 2 is 1.90 bits per heavy atom. The highest BCUT2D eigenvalue weighted by atomic mass is 32.1. The van der Waals surface area contributed by atoms with Crippen molar-refractivity contribution in [2.45, 2.75) is 84.6 Å². The molecule has 1 saturated carbocycles. The van der Waals surface area contributed by atoms with Crippen LogP contribution in [0.15, 0.2) is 0 Å². The van der Waals surface area contributed by atoms with Gasteiger partial charge in [0.05, 0.1) is 5.56 Å². The van der Waals surface area contributed by atoms with Gasteiger partial charge in [-0.15, -0.1) is 11.3 Å². The van der Waals surface area contributed by atoms with Crippen molar-refractivity contribution >= 4 is 34.1 Å². The highest BCUT2D eigenvalue weighted by Gasteiger charge is 2.36. The summed E-state index contributed by atoms with van der Waals surface area (Å²) in [5.41, 5.74) is 1.98. The van der Waals surface area contributed by atoms with Crippen LogP contribution in [0.4, 0.5) is 5.00 Å². The second-order valence-corrected chi connectivity index (χ2v) is 10.1. The fourth-order valence-electron chi connectivity index (χ4n) is 3.94. The smallest absolute Gasteiger partial charge is 0.303 e. The van der Waals surface area contributed by atoms with Gasteiger partial charge in [-0.2, -0.15) is 0 Å². The van der Waals surface area contributed by atoms with Gasteiger partial charge in [0.2, 0.25) is 5.91 Å². The van der Waals surface area contributed by atoms with E-state index < -0.39 is 5.97 Å². The van der Waals surface area contributed by atoms with E-state index in [0.29, 0.717) is 22.9 Å². The van der Waals surface area contributed by atoms with Gasteiger partial charge in [-0.05, 0) is 55.4 Å². The van der Waals surface area contributed by atoms with E-state index in [1.807, 2.05) is 0 Å². The number of nitrogens with one attached hydrogen (secondary N) is 2. The van der Waals surface area contributed by atoms with Crippen molar-refractivity contribution in [1.29, 1.82) is 0 Å². The van der Waals surface area contributed by atoms with Gasteiger partial charge in [-0.25, -0.2) is 0 Å². The van der Waals surface area contributed by atoms with Crippen LogP contribution in [0, 0.1) is 11.3 Å². The van der Waals surface area contributed by atoms with E-state index >= 15 is 0 Å². The maximum Gasteiger partial charge on any atom is 0.303 e. The van der Waals surface area contributed by atoms with E-state index in [4.69, 9.17) is 5.11 Å². The molecular formula is C22H32N2O4S. The number of hydrogen-bond donors (Lipinski definition) is 3. The van der Waals surface area contributed by atoms with Gasteiger partial charge in [-0.3, -0.25) is 14.4 Å². The van der Waals surface area contributed by atoms with E-state index in [1.165, 1.54) is 16.2 Å². The SMILES string of the molecule is CCC(C)(C)[C@@H]1CCc2c(sc(NC(=O)CCCC(=O)O)c2C(=O)NC2CC2)C1. The topological polar surface area (TPSA) is 95.5 Å². The van der Waals surface area contributed by atoms with Crippen LogP contribution in [0.25, 0.3) is 0 Å². The van der Waals surface area contributed by atoms with E-state index in [1.54, 1.807) is 0 Å². The van der Waals surface area contributed by atoms with Gasteiger partial charge < -0.3 is 15.7 Å². The summed E-state index contributed by atoms with van der Waals surface area (Å²) in [7, 11) is 0. The van der Waals surface area contributed by atoms with E-state index in [9.17, 15) is 14.4 Å². The van der Waals surface area contributed by atoms with Crippen molar-refractivity contribution < 1.29 is 19.5 Å². The summed E-state index contributed by atoms with van der Waals surface area (Å²) in [6.07, 6.45) is 6.41. The monoisotopic (exact) mass is 420 g/mol. The molecule has 2 aliphatic carbocycles. The molecule has 0 radical (unpaired) electrons. The molecule has 2 aliphatic rings. The standard InChI is InChI=1S/C22H32N2O4S/c1-4-22(2,3)13-8-11-15-16(12-13)29-21(19(15)20(28)23-14-9-10-14)24-17(25)6-5-7-18(26)27/h13-14H,4-12H2,1-3H3,(H,23,28)(H,24,25)(H,26,27)/t13-/m1/s1. The van der Waals surface area contributed by atoms with E-state index in [2.05, 4.69) is 31.4 Å². The lowest BCUT2D eigenvalue weighted by Crippen LogP contribution is -2.30. The molecule has 0 saturated heterocycles. The van der Waals surface area contributed by atoms with Crippen LogP contribution >= 0.6 is 11.3 Å². The molecule has 0 spiro atoms. The number of carbonyl (C=O) groups is 3. The minimum atomic E-state index is -0.904. The van der Waals surface area contributed by atoms with Crippen molar-refractivity contribution in [2.75, 3.05) is 5.32 Å². The normalized spacial score (nSPS) is 18.8. The number of rotatable bonds is 9. The highest BCUT2D eigenvalue weighted by molar-refractivity contribution is 7.17. The highest BCUT2D eigenvalue weighted by Crippen LogP contribution is 2.45. The number of anilines is 1. The molecule has 29 heavy (non-hydrogen) atoms. The molecule has 1 fully saturated rings. The summed E-state index contributed by atoms with van der Waals surface area (Å²) in [5, 5.41) is 15.4. The van der Waals surface area contributed by atoms with Gasteiger partial charge in [0.15, 0.2) is 0 Å².